The van der Waals surface area contributed by atoms with Gasteiger partial charge >= 0.3 is 0 Å². The van der Waals surface area contributed by atoms with Crippen molar-refractivity contribution in [2.45, 2.75) is 31.4 Å². The molecule has 1 amide bonds. The number of halogens is 1. The number of aliphatic hydroxyl groups excluding tert-OH is 1. The summed E-state index contributed by atoms with van der Waals surface area (Å²) >= 11 is 6.00. The molecule has 1 heterocycles. The van der Waals surface area contributed by atoms with E-state index in [-0.39, 0.29) is 18.5 Å². The van der Waals surface area contributed by atoms with Crippen LogP contribution >= 0.6 is 11.6 Å². The summed E-state index contributed by atoms with van der Waals surface area (Å²) in [5.74, 6) is -0.0502. The summed E-state index contributed by atoms with van der Waals surface area (Å²) in [6.45, 7) is 1.06. The third kappa shape index (κ3) is 3.93. The summed E-state index contributed by atoms with van der Waals surface area (Å²) in [5.41, 5.74) is 0.640. The van der Waals surface area contributed by atoms with E-state index in [0.29, 0.717) is 10.6 Å². The molecule has 0 aliphatic carbocycles. The maximum absolute atomic E-state index is 11.9. The van der Waals surface area contributed by atoms with Crippen LogP contribution in [0, 0.1) is 0 Å². The van der Waals surface area contributed by atoms with Crippen LogP contribution in [0.3, 0.4) is 0 Å². The van der Waals surface area contributed by atoms with Crippen LogP contribution in [0.2, 0.25) is 5.02 Å². The van der Waals surface area contributed by atoms with E-state index in [4.69, 9.17) is 11.6 Å². The predicted octanol–water partition coefficient (Wildman–Crippen LogP) is 1.63. The summed E-state index contributed by atoms with van der Waals surface area (Å²) in [4.78, 5) is 11.9. The lowest BCUT2D eigenvalue weighted by atomic mass is 10.0. The fraction of sp³-hybridized carbons (Fsp3) is 0.500. The second-order valence-electron chi connectivity index (χ2n) is 4.78. The van der Waals surface area contributed by atoms with E-state index in [2.05, 4.69) is 10.6 Å². The lowest BCUT2D eigenvalue weighted by molar-refractivity contribution is -0.124. The Morgan fingerprint density at radius 2 is 2.26 bits per heavy atom. The van der Waals surface area contributed by atoms with Gasteiger partial charge in [-0.2, -0.15) is 0 Å². The number of nitrogens with one attached hydrogen (secondary N) is 2. The minimum absolute atomic E-state index is 0.0502. The van der Waals surface area contributed by atoms with Gasteiger partial charge in [-0.25, -0.2) is 0 Å². The third-order valence-corrected chi connectivity index (χ3v) is 3.70. The van der Waals surface area contributed by atoms with Crippen molar-refractivity contribution in [2.24, 2.45) is 0 Å². The monoisotopic (exact) mass is 282 g/mol. The zero-order valence-corrected chi connectivity index (χ0v) is 11.5. The van der Waals surface area contributed by atoms with Gasteiger partial charge in [-0.1, -0.05) is 36.2 Å². The van der Waals surface area contributed by atoms with Gasteiger partial charge in [0.05, 0.1) is 12.1 Å². The van der Waals surface area contributed by atoms with Crippen LogP contribution in [0.5, 0.6) is 0 Å². The van der Waals surface area contributed by atoms with Gasteiger partial charge in [0.25, 0.3) is 0 Å². The van der Waals surface area contributed by atoms with Crippen LogP contribution in [0.1, 0.15) is 30.9 Å². The van der Waals surface area contributed by atoms with E-state index >= 15 is 0 Å². The SMILES string of the molecule is O=C(NC[C@H](O)c1ccccc1Cl)[C@H]1CCCCN1. The Labute approximate surface area is 118 Å². The number of benzene rings is 1. The number of amides is 1. The van der Waals surface area contributed by atoms with Gasteiger partial charge in [0, 0.05) is 17.1 Å². The number of piperidine rings is 1. The Morgan fingerprint density at radius 3 is 2.95 bits per heavy atom. The van der Waals surface area contributed by atoms with Crippen molar-refractivity contribution in [3.63, 3.8) is 0 Å². The van der Waals surface area contributed by atoms with Crippen LogP contribution in [-0.2, 0) is 4.79 Å². The number of carbonyl (C=O) groups excluding carboxylic acids is 1. The van der Waals surface area contributed by atoms with E-state index in [0.717, 1.165) is 25.8 Å². The van der Waals surface area contributed by atoms with E-state index in [1.807, 2.05) is 12.1 Å². The van der Waals surface area contributed by atoms with E-state index < -0.39 is 6.10 Å². The normalized spacial score (nSPS) is 20.8. The molecule has 1 aliphatic rings. The molecule has 19 heavy (non-hydrogen) atoms. The average molecular weight is 283 g/mol. The first-order valence-corrected chi connectivity index (χ1v) is 7.00. The highest BCUT2D eigenvalue weighted by atomic mass is 35.5. The first-order chi connectivity index (χ1) is 9.18. The van der Waals surface area contributed by atoms with Gasteiger partial charge in [0.2, 0.25) is 5.91 Å². The molecule has 3 N–H and O–H groups in total. The summed E-state index contributed by atoms with van der Waals surface area (Å²) in [5, 5.41) is 16.5. The molecule has 0 aromatic heterocycles. The van der Waals surface area contributed by atoms with Crippen LogP contribution in [0.15, 0.2) is 24.3 Å². The smallest absolute Gasteiger partial charge is 0.237 e. The maximum atomic E-state index is 11.9. The van der Waals surface area contributed by atoms with Crippen molar-refractivity contribution in [3.05, 3.63) is 34.9 Å². The van der Waals surface area contributed by atoms with Crippen molar-refractivity contribution in [3.8, 4) is 0 Å². The molecule has 0 spiro atoms. The predicted molar refractivity (Wildman–Crippen MR) is 75.1 cm³/mol. The summed E-state index contributed by atoms with van der Waals surface area (Å²) in [6.07, 6.45) is 2.26. The first-order valence-electron chi connectivity index (χ1n) is 6.62. The average Bonchev–Trinajstić information content (AvgIpc) is 2.46. The van der Waals surface area contributed by atoms with Crippen molar-refractivity contribution < 1.29 is 9.90 Å². The topological polar surface area (TPSA) is 61.4 Å². The standard InChI is InChI=1S/C14H19ClN2O2/c15-11-6-2-1-5-10(11)13(18)9-17-14(19)12-7-3-4-8-16-12/h1-2,5-6,12-13,16,18H,3-4,7-9H2,(H,17,19)/t12-,13+/m1/s1. The molecule has 4 nitrogen and oxygen atoms in total. The highest BCUT2D eigenvalue weighted by Crippen LogP contribution is 2.21. The quantitative estimate of drug-likeness (QED) is 0.787. The van der Waals surface area contributed by atoms with Crippen LogP contribution < -0.4 is 10.6 Å². The molecule has 104 valence electrons. The van der Waals surface area contributed by atoms with Crippen molar-refractivity contribution >= 4 is 17.5 Å². The van der Waals surface area contributed by atoms with Crippen LogP contribution in [0.4, 0.5) is 0 Å². The Kier molecular flexibility index (Phi) is 5.19. The highest BCUT2D eigenvalue weighted by Gasteiger charge is 2.21. The van der Waals surface area contributed by atoms with Gasteiger partial charge in [0.15, 0.2) is 0 Å². The molecular formula is C14H19ClN2O2. The minimum atomic E-state index is -0.777. The molecule has 1 saturated heterocycles. The third-order valence-electron chi connectivity index (χ3n) is 3.36. The zero-order valence-electron chi connectivity index (χ0n) is 10.7. The molecule has 2 atom stereocenters. The van der Waals surface area contributed by atoms with Crippen molar-refractivity contribution in [1.82, 2.24) is 10.6 Å². The van der Waals surface area contributed by atoms with Crippen LogP contribution in [-0.4, -0.2) is 30.1 Å². The lowest BCUT2D eigenvalue weighted by Gasteiger charge is -2.23. The minimum Gasteiger partial charge on any atom is -0.387 e. The molecule has 1 aromatic carbocycles. The van der Waals surface area contributed by atoms with Crippen LogP contribution in [0.25, 0.3) is 0 Å². The highest BCUT2D eigenvalue weighted by molar-refractivity contribution is 6.31. The number of aliphatic hydroxyl groups is 1. The van der Waals surface area contributed by atoms with Gasteiger partial charge in [0.1, 0.15) is 0 Å². The van der Waals surface area contributed by atoms with E-state index in [1.165, 1.54) is 0 Å². The fourth-order valence-electron chi connectivity index (χ4n) is 2.25. The first kappa shape index (κ1) is 14.3. The molecule has 1 aliphatic heterocycles. The molecule has 0 unspecified atom stereocenters. The molecule has 0 radical (unpaired) electrons. The van der Waals surface area contributed by atoms with Crippen molar-refractivity contribution in [1.29, 1.82) is 0 Å². The molecule has 0 saturated carbocycles. The Balaban J connectivity index is 1.84. The summed E-state index contributed by atoms with van der Waals surface area (Å²) in [7, 11) is 0. The zero-order chi connectivity index (χ0) is 13.7. The Hall–Kier alpha value is -1.10. The van der Waals surface area contributed by atoms with Gasteiger partial charge in [-0.3, -0.25) is 4.79 Å². The molecule has 0 bridgehead atoms. The molecule has 5 heteroatoms. The van der Waals surface area contributed by atoms with Gasteiger partial charge < -0.3 is 15.7 Å². The summed E-state index contributed by atoms with van der Waals surface area (Å²) < 4.78 is 0. The van der Waals surface area contributed by atoms with E-state index in [1.54, 1.807) is 12.1 Å². The Morgan fingerprint density at radius 1 is 1.47 bits per heavy atom. The second-order valence-corrected chi connectivity index (χ2v) is 5.19. The molecule has 2 rings (SSSR count). The number of hydrogen-bond acceptors (Lipinski definition) is 3. The second kappa shape index (κ2) is 6.89. The van der Waals surface area contributed by atoms with Gasteiger partial charge in [-0.05, 0) is 25.5 Å². The Bertz CT molecular complexity index is 433. The number of carbonyl (C=O) groups is 1. The van der Waals surface area contributed by atoms with Crippen molar-refractivity contribution in [2.75, 3.05) is 13.1 Å². The number of rotatable bonds is 4. The largest absolute Gasteiger partial charge is 0.387 e. The number of hydrogen-bond donors (Lipinski definition) is 3. The maximum Gasteiger partial charge on any atom is 0.237 e. The summed E-state index contributed by atoms with van der Waals surface area (Å²) in [6, 6.07) is 6.98. The molecular weight excluding hydrogens is 264 g/mol. The molecule has 1 aromatic rings. The fourth-order valence-corrected chi connectivity index (χ4v) is 2.51. The lowest BCUT2D eigenvalue weighted by Crippen LogP contribution is -2.47. The van der Waals surface area contributed by atoms with Gasteiger partial charge in [-0.15, -0.1) is 0 Å². The van der Waals surface area contributed by atoms with E-state index in [9.17, 15) is 9.90 Å². The molecule has 1 fully saturated rings.